The maximum absolute atomic E-state index is 12.3. The SMILES string of the molecule is Nc1ccc(N=Nc2ccc(N=Nc3c(S(=O)(=O)[O-])cc4ccc(N=Nc5ccc(N=Nc6ccc(N)cc6N)c6cc(S(=O)(=O)[O-])ccc56)cc4c3O)cc2)c(N)c1.[Na+].[Na+]. The Morgan fingerprint density at radius 3 is 1.48 bits per heavy atom. The van der Waals surface area contributed by atoms with Crippen LogP contribution in [0, 0.1) is 0 Å². The Morgan fingerprint density at radius 2 is 0.918 bits per heavy atom. The molecule has 0 bridgehead atoms. The molecular weight excluding hydrogens is 847 g/mol. The molecule has 0 fully saturated rings. The molecule has 61 heavy (non-hydrogen) atoms. The van der Waals surface area contributed by atoms with E-state index in [0.29, 0.717) is 39.5 Å². The van der Waals surface area contributed by atoms with E-state index in [9.17, 15) is 31.0 Å². The summed E-state index contributed by atoms with van der Waals surface area (Å²) in [4.78, 5) is -1.32. The Hall–Kier alpha value is -5.72. The monoisotopic (exact) mass is 874 g/mol. The van der Waals surface area contributed by atoms with Crippen molar-refractivity contribution in [3.63, 3.8) is 0 Å². The summed E-state index contributed by atoms with van der Waals surface area (Å²) in [7, 11) is -10.0. The molecule has 0 aliphatic heterocycles. The van der Waals surface area contributed by atoms with E-state index in [-0.39, 0.29) is 104 Å². The predicted octanol–water partition coefficient (Wildman–Crippen LogP) is 3.51. The van der Waals surface area contributed by atoms with Crippen molar-refractivity contribution in [2.24, 2.45) is 40.9 Å². The fourth-order valence-corrected chi connectivity index (χ4v) is 6.80. The third-order valence-corrected chi connectivity index (χ3v) is 10.2. The standard InChI is InChI=1S/C38H30N12O7S2.2Na/c39-21-2-11-34(30(41)16-21)48-43-23-5-7-24(8-6-23)44-50-37-36(59(55,56)57)15-20-1-4-25(18-28(20)38(37)51)45-46-32-13-14-33(47-49-35-12-3-22(40)17-31(35)42)29-19-26(58(52,53)54)9-10-27(29)32;;/h1-19,51H,39-42H2,(H,52,53,54)(H,55,56,57);;/q;2*+1/p-2. The minimum absolute atomic E-state index is 0. The van der Waals surface area contributed by atoms with Crippen molar-refractivity contribution in [3.05, 3.63) is 115 Å². The van der Waals surface area contributed by atoms with Crippen LogP contribution in [-0.2, 0) is 20.2 Å². The topological polar surface area (TPSA) is 338 Å². The van der Waals surface area contributed by atoms with Crippen LogP contribution >= 0.6 is 0 Å². The van der Waals surface area contributed by atoms with Gasteiger partial charge in [0.05, 0.1) is 49.6 Å². The zero-order chi connectivity index (χ0) is 42.1. The van der Waals surface area contributed by atoms with Gasteiger partial charge in [0, 0.05) is 27.5 Å². The molecule has 0 heterocycles. The Balaban J connectivity index is 0.00000352. The summed E-state index contributed by atoms with van der Waals surface area (Å²) >= 11 is 0. The van der Waals surface area contributed by atoms with Gasteiger partial charge < -0.3 is 37.1 Å². The number of hydrogen-bond acceptors (Lipinski definition) is 19. The first-order valence-electron chi connectivity index (χ1n) is 16.9. The van der Waals surface area contributed by atoms with Crippen LogP contribution in [0.1, 0.15) is 0 Å². The van der Waals surface area contributed by atoms with Crippen molar-refractivity contribution >= 4 is 110 Å². The smallest absolute Gasteiger partial charge is 0.744 e. The van der Waals surface area contributed by atoms with Gasteiger partial charge in [0.15, 0.2) is 5.75 Å². The second kappa shape index (κ2) is 18.9. The number of nitrogens with zero attached hydrogens (tertiary/aromatic N) is 8. The Morgan fingerprint density at radius 1 is 0.443 bits per heavy atom. The molecule has 0 aliphatic carbocycles. The van der Waals surface area contributed by atoms with E-state index in [0.717, 1.165) is 18.2 Å². The van der Waals surface area contributed by atoms with Crippen LogP contribution in [0.25, 0.3) is 21.5 Å². The van der Waals surface area contributed by atoms with E-state index in [1.165, 1.54) is 54.6 Å². The van der Waals surface area contributed by atoms with Gasteiger partial charge in [0.25, 0.3) is 0 Å². The first-order chi connectivity index (χ1) is 28.0. The van der Waals surface area contributed by atoms with Gasteiger partial charge >= 0.3 is 59.1 Å². The quantitative estimate of drug-likeness (QED) is 0.0573. The third-order valence-electron chi connectivity index (χ3n) is 8.57. The summed E-state index contributed by atoms with van der Waals surface area (Å²) in [6.45, 7) is 0. The molecule has 7 aromatic carbocycles. The van der Waals surface area contributed by atoms with E-state index < -0.39 is 41.5 Å². The fourth-order valence-electron chi connectivity index (χ4n) is 5.66. The maximum Gasteiger partial charge on any atom is 1.00 e. The number of anilines is 4. The summed E-state index contributed by atoms with van der Waals surface area (Å²) < 4.78 is 72.6. The van der Waals surface area contributed by atoms with Gasteiger partial charge in [-0.05, 0) is 109 Å². The van der Waals surface area contributed by atoms with Gasteiger partial charge in [0.1, 0.15) is 37.3 Å². The minimum atomic E-state index is -5.15. The zero-order valence-electron chi connectivity index (χ0n) is 32.1. The number of benzene rings is 7. The van der Waals surface area contributed by atoms with Crippen molar-refractivity contribution in [2.75, 3.05) is 22.9 Å². The van der Waals surface area contributed by atoms with Gasteiger partial charge in [-0.15, -0.1) is 25.6 Å². The number of aromatic hydroxyl groups is 1. The van der Waals surface area contributed by atoms with Crippen LogP contribution in [0.15, 0.2) is 166 Å². The van der Waals surface area contributed by atoms with Crippen molar-refractivity contribution in [1.82, 2.24) is 0 Å². The number of phenolic OH excluding ortho intramolecular Hbond substituents is 1. The van der Waals surface area contributed by atoms with E-state index >= 15 is 0 Å². The maximum atomic E-state index is 12.3. The largest absolute Gasteiger partial charge is 1.00 e. The first-order valence-corrected chi connectivity index (χ1v) is 19.7. The zero-order valence-corrected chi connectivity index (χ0v) is 37.7. The number of rotatable bonds is 10. The normalized spacial score (nSPS) is 12.2. The summed E-state index contributed by atoms with van der Waals surface area (Å²) in [6.07, 6.45) is 0. The number of nitrogen functional groups attached to an aromatic ring is 4. The van der Waals surface area contributed by atoms with Gasteiger partial charge in [-0.3, -0.25) is 0 Å². The Bertz CT molecular complexity index is 3190. The third kappa shape index (κ3) is 10.8. The Kier molecular flexibility index (Phi) is 14.4. The van der Waals surface area contributed by atoms with Crippen LogP contribution in [0.5, 0.6) is 5.75 Å². The molecule has 7 aromatic rings. The molecule has 0 aliphatic rings. The van der Waals surface area contributed by atoms with Crippen molar-refractivity contribution < 1.29 is 90.2 Å². The summed E-state index contributed by atoms with van der Waals surface area (Å²) in [5.74, 6) is -0.669. The second-order valence-corrected chi connectivity index (χ2v) is 15.4. The number of phenols is 1. The molecule has 0 aromatic heterocycles. The van der Waals surface area contributed by atoms with Crippen molar-refractivity contribution in [1.29, 1.82) is 0 Å². The molecule has 0 unspecified atom stereocenters. The second-order valence-electron chi connectivity index (χ2n) is 12.6. The molecule has 0 atom stereocenters. The van der Waals surface area contributed by atoms with E-state index in [4.69, 9.17) is 22.9 Å². The van der Waals surface area contributed by atoms with Gasteiger partial charge in [-0.25, -0.2) is 16.8 Å². The molecule has 9 N–H and O–H groups in total. The predicted molar refractivity (Wildman–Crippen MR) is 219 cm³/mol. The van der Waals surface area contributed by atoms with E-state index in [2.05, 4.69) is 40.9 Å². The van der Waals surface area contributed by atoms with Crippen molar-refractivity contribution in [3.8, 4) is 5.75 Å². The van der Waals surface area contributed by atoms with Crippen molar-refractivity contribution in [2.45, 2.75) is 9.79 Å². The number of fused-ring (bicyclic) bond motifs is 2. The average molecular weight is 875 g/mol. The molecule has 0 saturated carbocycles. The molecule has 0 amide bonds. The molecule has 296 valence electrons. The van der Waals surface area contributed by atoms with Crippen LogP contribution in [-0.4, -0.2) is 31.0 Å². The van der Waals surface area contributed by atoms with E-state index in [1.807, 2.05) is 0 Å². The molecule has 7 rings (SSSR count). The number of azo groups is 4. The molecule has 23 heteroatoms. The molecule has 0 radical (unpaired) electrons. The fraction of sp³-hybridized carbons (Fsp3) is 0. The molecule has 19 nitrogen and oxygen atoms in total. The van der Waals surface area contributed by atoms with Crippen LogP contribution < -0.4 is 82.0 Å². The van der Waals surface area contributed by atoms with Crippen LogP contribution in [0.4, 0.5) is 68.2 Å². The number of nitrogens with two attached hydrogens (primary N) is 4. The van der Waals surface area contributed by atoms with Crippen LogP contribution in [0.2, 0.25) is 0 Å². The van der Waals surface area contributed by atoms with Gasteiger partial charge in [-0.2, -0.15) is 15.3 Å². The molecular formula is C38H28N12Na2O7S2. The summed E-state index contributed by atoms with van der Waals surface area (Å²) in [5.41, 5.74) is 26.2. The van der Waals surface area contributed by atoms with Crippen LogP contribution in [0.3, 0.4) is 0 Å². The Labute approximate surface area is 391 Å². The average Bonchev–Trinajstić information content (AvgIpc) is 3.18. The minimum Gasteiger partial charge on any atom is -0.744 e. The summed E-state index contributed by atoms with van der Waals surface area (Å²) in [5, 5.41) is 45.2. The summed E-state index contributed by atoms with van der Waals surface area (Å²) in [6, 6.07) is 27.5. The van der Waals surface area contributed by atoms with Gasteiger partial charge in [0.2, 0.25) is 0 Å². The number of hydrogen-bond donors (Lipinski definition) is 5. The first kappa shape index (κ1) is 46.3. The van der Waals surface area contributed by atoms with E-state index in [1.54, 1.807) is 42.5 Å². The molecule has 0 saturated heterocycles. The molecule has 0 spiro atoms. The van der Waals surface area contributed by atoms with Gasteiger partial charge in [-0.1, -0.05) is 12.1 Å².